The van der Waals surface area contributed by atoms with Gasteiger partial charge in [-0.25, -0.2) is 4.79 Å². The molecule has 0 saturated heterocycles. The number of ether oxygens (including phenoxy) is 1. The zero-order valence-electron chi connectivity index (χ0n) is 12.5. The lowest BCUT2D eigenvalue weighted by molar-refractivity contribution is -0.140. The molecule has 0 aliphatic rings. The maximum Gasteiger partial charge on any atom is 0.331 e. The highest BCUT2D eigenvalue weighted by Gasteiger charge is 2.21. The molecule has 2 heterocycles. The molecule has 0 aliphatic carbocycles. The first-order chi connectivity index (χ1) is 11.1. The van der Waals surface area contributed by atoms with E-state index >= 15 is 0 Å². The first-order valence-corrected chi connectivity index (χ1v) is 7.17. The van der Waals surface area contributed by atoms with Crippen molar-refractivity contribution in [3.05, 3.63) is 66.3 Å². The normalized spacial score (nSPS) is 12.6. The molecule has 3 rings (SSSR count). The van der Waals surface area contributed by atoms with E-state index in [1.165, 1.54) is 18.4 Å². The maximum atomic E-state index is 12.4. The second-order valence-corrected chi connectivity index (χ2v) is 5.04. The number of ketones is 1. The van der Waals surface area contributed by atoms with Gasteiger partial charge in [0.2, 0.25) is 5.78 Å². The molecule has 0 fully saturated rings. The van der Waals surface area contributed by atoms with Crippen molar-refractivity contribution in [2.24, 2.45) is 0 Å². The molecule has 5 nitrogen and oxygen atoms in total. The first-order valence-electron chi connectivity index (χ1n) is 7.17. The molecular formula is C18H15NO4. The van der Waals surface area contributed by atoms with Gasteiger partial charge in [0.05, 0.1) is 6.26 Å². The minimum atomic E-state index is -0.872. The second kappa shape index (κ2) is 6.36. The number of rotatable bonds is 5. The Balaban J connectivity index is 1.69. The zero-order chi connectivity index (χ0) is 16.2. The van der Waals surface area contributed by atoms with E-state index in [-0.39, 0.29) is 5.78 Å². The summed E-state index contributed by atoms with van der Waals surface area (Å²) in [4.78, 5) is 27.3. The highest BCUT2D eigenvalue weighted by molar-refractivity contribution is 6.10. The molecule has 0 unspecified atom stereocenters. The third kappa shape index (κ3) is 3.23. The van der Waals surface area contributed by atoms with Gasteiger partial charge in [-0.05, 0) is 31.2 Å². The Morgan fingerprint density at radius 1 is 1.22 bits per heavy atom. The molecule has 23 heavy (non-hydrogen) atoms. The van der Waals surface area contributed by atoms with Crippen LogP contribution in [0.25, 0.3) is 17.0 Å². The van der Waals surface area contributed by atoms with Crippen LogP contribution in [-0.2, 0) is 9.53 Å². The van der Waals surface area contributed by atoms with Crippen molar-refractivity contribution < 1.29 is 18.7 Å². The van der Waals surface area contributed by atoms with Crippen molar-refractivity contribution in [1.82, 2.24) is 4.98 Å². The number of hydrogen-bond donors (Lipinski definition) is 1. The molecule has 116 valence electrons. The lowest BCUT2D eigenvalue weighted by atomic mass is 10.1. The Kier molecular flexibility index (Phi) is 4.10. The van der Waals surface area contributed by atoms with E-state index in [2.05, 4.69) is 4.98 Å². The average molecular weight is 309 g/mol. The molecule has 1 N–H and O–H groups in total. The van der Waals surface area contributed by atoms with Crippen molar-refractivity contribution in [3.63, 3.8) is 0 Å². The fraction of sp³-hybridized carbons (Fsp3) is 0.111. The number of esters is 1. The molecule has 0 aliphatic heterocycles. The Morgan fingerprint density at radius 3 is 2.83 bits per heavy atom. The van der Waals surface area contributed by atoms with Gasteiger partial charge in [-0.2, -0.15) is 0 Å². The van der Waals surface area contributed by atoms with Crippen molar-refractivity contribution >= 4 is 28.7 Å². The standard InChI is InChI=1S/C18H15NO4/c1-12(23-17(20)9-8-13-5-4-10-22-13)18(21)15-11-19-16-7-3-2-6-14(15)16/h2-12,19H,1H3/b9-8+/t12-/m1/s1. The fourth-order valence-electron chi connectivity index (χ4n) is 2.30. The number of carbonyl (C=O) groups excluding carboxylic acids is 2. The number of para-hydroxylation sites is 1. The van der Waals surface area contributed by atoms with Gasteiger partial charge in [0.1, 0.15) is 5.76 Å². The Bertz CT molecular complexity index is 858. The van der Waals surface area contributed by atoms with E-state index < -0.39 is 12.1 Å². The van der Waals surface area contributed by atoms with Gasteiger partial charge in [-0.1, -0.05) is 18.2 Å². The summed E-state index contributed by atoms with van der Waals surface area (Å²) in [7, 11) is 0. The van der Waals surface area contributed by atoms with Crippen LogP contribution in [0.1, 0.15) is 23.0 Å². The van der Waals surface area contributed by atoms with Crippen LogP contribution in [0.5, 0.6) is 0 Å². The molecular weight excluding hydrogens is 294 g/mol. The smallest absolute Gasteiger partial charge is 0.331 e. The maximum absolute atomic E-state index is 12.4. The van der Waals surface area contributed by atoms with E-state index in [1.807, 2.05) is 24.3 Å². The molecule has 0 bridgehead atoms. The summed E-state index contributed by atoms with van der Waals surface area (Å²) in [5.41, 5.74) is 1.38. The Hall–Kier alpha value is -3.08. The number of aromatic nitrogens is 1. The van der Waals surface area contributed by atoms with Gasteiger partial charge >= 0.3 is 5.97 Å². The highest BCUT2D eigenvalue weighted by atomic mass is 16.5. The Labute approximate surface area is 132 Å². The number of aromatic amines is 1. The summed E-state index contributed by atoms with van der Waals surface area (Å²) < 4.78 is 10.2. The minimum Gasteiger partial charge on any atom is -0.465 e. The first kappa shape index (κ1) is 14.8. The van der Waals surface area contributed by atoms with Gasteiger partial charge in [-0.3, -0.25) is 4.79 Å². The Morgan fingerprint density at radius 2 is 2.04 bits per heavy atom. The van der Waals surface area contributed by atoms with Crippen molar-refractivity contribution in [2.45, 2.75) is 13.0 Å². The van der Waals surface area contributed by atoms with E-state index in [4.69, 9.17) is 9.15 Å². The third-order valence-corrected chi connectivity index (χ3v) is 3.44. The van der Waals surface area contributed by atoms with Crippen LogP contribution in [0.15, 0.2) is 59.4 Å². The number of benzene rings is 1. The lowest BCUT2D eigenvalue weighted by Crippen LogP contribution is -2.23. The number of nitrogens with one attached hydrogen (secondary N) is 1. The molecule has 2 aromatic heterocycles. The number of hydrogen-bond acceptors (Lipinski definition) is 4. The summed E-state index contributed by atoms with van der Waals surface area (Å²) in [5.74, 6) is -0.304. The summed E-state index contributed by atoms with van der Waals surface area (Å²) >= 11 is 0. The van der Waals surface area contributed by atoms with Crippen LogP contribution in [0.3, 0.4) is 0 Å². The van der Waals surface area contributed by atoms with Crippen LogP contribution in [0, 0.1) is 0 Å². The summed E-state index contributed by atoms with van der Waals surface area (Å²) in [6.07, 6.45) is 5.00. The molecule has 0 spiro atoms. The van der Waals surface area contributed by atoms with Gasteiger partial charge in [0.25, 0.3) is 0 Å². The predicted molar refractivity (Wildman–Crippen MR) is 85.9 cm³/mol. The second-order valence-electron chi connectivity index (χ2n) is 5.04. The summed E-state index contributed by atoms with van der Waals surface area (Å²) in [5, 5.41) is 0.812. The molecule has 3 aromatic rings. The fourth-order valence-corrected chi connectivity index (χ4v) is 2.30. The zero-order valence-corrected chi connectivity index (χ0v) is 12.5. The van der Waals surface area contributed by atoms with Crippen LogP contribution in [0.2, 0.25) is 0 Å². The van der Waals surface area contributed by atoms with E-state index in [0.717, 1.165) is 10.9 Å². The molecule has 0 amide bonds. The predicted octanol–water partition coefficient (Wildman–Crippen LogP) is 3.59. The van der Waals surface area contributed by atoms with E-state index in [0.29, 0.717) is 11.3 Å². The molecule has 1 aromatic carbocycles. The SMILES string of the molecule is C[C@@H](OC(=O)/C=C/c1ccco1)C(=O)c1c[nH]c2ccccc12. The van der Waals surface area contributed by atoms with Crippen molar-refractivity contribution in [1.29, 1.82) is 0 Å². The van der Waals surface area contributed by atoms with Crippen molar-refractivity contribution in [2.75, 3.05) is 0 Å². The van der Waals surface area contributed by atoms with Gasteiger partial charge in [0, 0.05) is 28.7 Å². The molecule has 0 radical (unpaired) electrons. The topological polar surface area (TPSA) is 72.3 Å². The minimum absolute atomic E-state index is 0.248. The van der Waals surface area contributed by atoms with Crippen LogP contribution in [-0.4, -0.2) is 22.8 Å². The average Bonchev–Trinajstić information content (AvgIpc) is 3.21. The summed E-state index contributed by atoms with van der Waals surface area (Å²) in [6, 6.07) is 10.9. The molecule has 1 atom stereocenters. The third-order valence-electron chi connectivity index (χ3n) is 3.44. The summed E-state index contributed by atoms with van der Waals surface area (Å²) in [6.45, 7) is 1.56. The van der Waals surface area contributed by atoms with Crippen LogP contribution >= 0.6 is 0 Å². The van der Waals surface area contributed by atoms with Gasteiger partial charge in [-0.15, -0.1) is 0 Å². The molecule has 5 heteroatoms. The van der Waals surface area contributed by atoms with Crippen LogP contribution in [0.4, 0.5) is 0 Å². The van der Waals surface area contributed by atoms with Crippen molar-refractivity contribution in [3.8, 4) is 0 Å². The number of furan rings is 1. The van der Waals surface area contributed by atoms with Crippen LogP contribution < -0.4 is 0 Å². The number of carbonyl (C=O) groups is 2. The quantitative estimate of drug-likeness (QED) is 0.444. The highest BCUT2D eigenvalue weighted by Crippen LogP contribution is 2.20. The number of H-pyrrole nitrogens is 1. The van der Waals surface area contributed by atoms with E-state index in [1.54, 1.807) is 25.3 Å². The number of fused-ring (bicyclic) bond motifs is 1. The lowest BCUT2D eigenvalue weighted by Gasteiger charge is -2.10. The molecule has 0 saturated carbocycles. The largest absolute Gasteiger partial charge is 0.465 e. The van der Waals surface area contributed by atoms with E-state index in [9.17, 15) is 9.59 Å². The van der Waals surface area contributed by atoms with Gasteiger partial charge in [0.15, 0.2) is 6.10 Å². The number of Topliss-reactive ketones (excluding diaryl/α,β-unsaturated/α-hetero) is 1. The monoisotopic (exact) mass is 309 g/mol. The van der Waals surface area contributed by atoms with Gasteiger partial charge < -0.3 is 14.1 Å².